The number of nitrogens with zero attached hydrogens (tertiary/aromatic N) is 2. The predicted octanol–water partition coefficient (Wildman–Crippen LogP) is 3.44. The highest BCUT2D eigenvalue weighted by molar-refractivity contribution is 9.10. The molecule has 0 saturated heterocycles. The first-order valence-corrected chi connectivity index (χ1v) is 6.84. The van der Waals surface area contributed by atoms with Gasteiger partial charge in [-0.05, 0) is 47.1 Å². The summed E-state index contributed by atoms with van der Waals surface area (Å²) in [6.07, 6.45) is 0. The predicted molar refractivity (Wildman–Crippen MR) is 76.4 cm³/mol. The Morgan fingerprint density at radius 2 is 2.22 bits per heavy atom. The molecule has 3 nitrogen and oxygen atoms in total. The molecule has 0 aromatic heterocycles. The SMILES string of the molecule is CCN(Cc1ccc(OC)c(Br)c1)CC(C)C#N. The molecular weight excluding hydrogens is 292 g/mol. The summed E-state index contributed by atoms with van der Waals surface area (Å²) in [5.74, 6) is 0.902. The van der Waals surface area contributed by atoms with E-state index in [1.807, 2.05) is 13.0 Å². The van der Waals surface area contributed by atoms with Crippen LogP contribution in [0.15, 0.2) is 22.7 Å². The van der Waals surface area contributed by atoms with Gasteiger partial charge in [-0.15, -0.1) is 0 Å². The topological polar surface area (TPSA) is 36.3 Å². The summed E-state index contributed by atoms with van der Waals surface area (Å²) in [5.41, 5.74) is 1.22. The first kappa shape index (κ1) is 15.0. The van der Waals surface area contributed by atoms with E-state index in [4.69, 9.17) is 10.00 Å². The Hall–Kier alpha value is -1.05. The Balaban J connectivity index is 2.70. The third-order valence-electron chi connectivity index (χ3n) is 2.82. The molecule has 0 radical (unpaired) electrons. The fraction of sp³-hybridized carbons (Fsp3) is 0.500. The van der Waals surface area contributed by atoms with E-state index in [1.54, 1.807) is 7.11 Å². The van der Waals surface area contributed by atoms with Gasteiger partial charge in [-0.1, -0.05) is 13.0 Å². The van der Waals surface area contributed by atoms with Gasteiger partial charge in [0.05, 0.1) is 23.6 Å². The summed E-state index contributed by atoms with van der Waals surface area (Å²) in [5, 5.41) is 8.86. The maximum atomic E-state index is 8.86. The van der Waals surface area contributed by atoms with Gasteiger partial charge in [-0.2, -0.15) is 5.26 Å². The second-order valence-corrected chi connectivity index (χ2v) is 5.18. The summed E-state index contributed by atoms with van der Waals surface area (Å²) in [6.45, 7) is 6.66. The van der Waals surface area contributed by atoms with E-state index in [0.717, 1.165) is 29.9 Å². The smallest absolute Gasteiger partial charge is 0.133 e. The van der Waals surface area contributed by atoms with Gasteiger partial charge in [0.1, 0.15) is 5.75 Å². The van der Waals surface area contributed by atoms with E-state index in [2.05, 4.69) is 46.0 Å². The minimum Gasteiger partial charge on any atom is -0.496 e. The normalized spacial score (nSPS) is 12.2. The van der Waals surface area contributed by atoms with Gasteiger partial charge in [0.25, 0.3) is 0 Å². The van der Waals surface area contributed by atoms with Crippen molar-refractivity contribution in [3.63, 3.8) is 0 Å². The molecule has 0 saturated carbocycles. The standard InChI is InChI=1S/C14H19BrN2O/c1-4-17(9-11(2)8-16)10-12-5-6-14(18-3)13(15)7-12/h5-7,11H,4,9-10H2,1-3H3. The molecule has 0 bridgehead atoms. The molecule has 18 heavy (non-hydrogen) atoms. The van der Waals surface area contributed by atoms with E-state index in [0.29, 0.717) is 0 Å². The number of hydrogen-bond donors (Lipinski definition) is 0. The third kappa shape index (κ3) is 4.32. The Kier molecular flexibility index (Phi) is 6.17. The highest BCUT2D eigenvalue weighted by Gasteiger charge is 2.09. The molecule has 4 heteroatoms. The quantitative estimate of drug-likeness (QED) is 0.807. The van der Waals surface area contributed by atoms with Crippen molar-refractivity contribution in [2.45, 2.75) is 20.4 Å². The number of hydrogen-bond acceptors (Lipinski definition) is 3. The van der Waals surface area contributed by atoms with E-state index in [9.17, 15) is 0 Å². The van der Waals surface area contributed by atoms with Crippen LogP contribution in [0, 0.1) is 17.2 Å². The van der Waals surface area contributed by atoms with Crippen molar-refractivity contribution in [3.8, 4) is 11.8 Å². The molecule has 1 aromatic rings. The van der Waals surface area contributed by atoms with E-state index in [1.165, 1.54) is 5.56 Å². The Bertz CT molecular complexity index is 428. The Morgan fingerprint density at radius 3 is 2.72 bits per heavy atom. The van der Waals surface area contributed by atoms with Crippen LogP contribution in [0.2, 0.25) is 0 Å². The molecule has 0 heterocycles. The number of nitriles is 1. The molecule has 1 rings (SSSR count). The molecule has 0 spiro atoms. The van der Waals surface area contributed by atoms with Crippen molar-refractivity contribution in [2.24, 2.45) is 5.92 Å². The maximum absolute atomic E-state index is 8.86. The molecule has 0 aliphatic carbocycles. The van der Waals surface area contributed by atoms with E-state index < -0.39 is 0 Å². The van der Waals surface area contributed by atoms with Gasteiger partial charge in [-0.25, -0.2) is 0 Å². The van der Waals surface area contributed by atoms with Gasteiger partial charge < -0.3 is 4.74 Å². The zero-order valence-corrected chi connectivity index (χ0v) is 12.7. The minimum absolute atomic E-state index is 0.0617. The summed E-state index contributed by atoms with van der Waals surface area (Å²) < 4.78 is 6.17. The summed E-state index contributed by atoms with van der Waals surface area (Å²) in [7, 11) is 1.66. The molecule has 0 N–H and O–H groups in total. The number of ether oxygens (including phenoxy) is 1. The van der Waals surface area contributed by atoms with Crippen molar-refractivity contribution in [3.05, 3.63) is 28.2 Å². The maximum Gasteiger partial charge on any atom is 0.133 e. The first-order chi connectivity index (χ1) is 8.60. The first-order valence-electron chi connectivity index (χ1n) is 6.05. The highest BCUT2D eigenvalue weighted by atomic mass is 79.9. The van der Waals surface area contributed by atoms with Crippen molar-refractivity contribution in [2.75, 3.05) is 20.2 Å². The van der Waals surface area contributed by atoms with Crippen molar-refractivity contribution in [1.82, 2.24) is 4.90 Å². The van der Waals surface area contributed by atoms with Crippen LogP contribution in [-0.4, -0.2) is 25.1 Å². The van der Waals surface area contributed by atoms with Crippen LogP contribution in [-0.2, 0) is 6.54 Å². The third-order valence-corrected chi connectivity index (χ3v) is 3.44. The van der Waals surface area contributed by atoms with Crippen molar-refractivity contribution >= 4 is 15.9 Å². The Labute approximate surface area is 117 Å². The zero-order chi connectivity index (χ0) is 13.5. The van der Waals surface area contributed by atoms with E-state index in [-0.39, 0.29) is 5.92 Å². The van der Waals surface area contributed by atoms with Gasteiger partial charge in [-0.3, -0.25) is 4.90 Å². The molecule has 1 aromatic carbocycles. The van der Waals surface area contributed by atoms with Crippen molar-refractivity contribution < 1.29 is 4.74 Å². The molecular formula is C14H19BrN2O. The van der Waals surface area contributed by atoms with Crippen LogP contribution in [0.25, 0.3) is 0 Å². The monoisotopic (exact) mass is 310 g/mol. The van der Waals surface area contributed by atoms with Gasteiger partial charge in [0.2, 0.25) is 0 Å². The van der Waals surface area contributed by atoms with Gasteiger partial charge >= 0.3 is 0 Å². The number of halogens is 1. The summed E-state index contributed by atoms with van der Waals surface area (Å²) in [6, 6.07) is 8.36. The number of methoxy groups -OCH3 is 1. The lowest BCUT2D eigenvalue weighted by atomic mass is 10.1. The highest BCUT2D eigenvalue weighted by Crippen LogP contribution is 2.26. The van der Waals surface area contributed by atoms with Crippen LogP contribution in [0.3, 0.4) is 0 Å². The average molecular weight is 311 g/mol. The molecule has 1 atom stereocenters. The van der Waals surface area contributed by atoms with Crippen LogP contribution in [0.1, 0.15) is 19.4 Å². The lowest BCUT2D eigenvalue weighted by Crippen LogP contribution is -2.27. The zero-order valence-electron chi connectivity index (χ0n) is 11.1. The van der Waals surface area contributed by atoms with Crippen LogP contribution in [0.5, 0.6) is 5.75 Å². The molecule has 0 aliphatic heterocycles. The second kappa shape index (κ2) is 7.40. The fourth-order valence-corrected chi connectivity index (χ4v) is 2.39. The van der Waals surface area contributed by atoms with Gasteiger partial charge in [0, 0.05) is 13.1 Å². The average Bonchev–Trinajstić information content (AvgIpc) is 2.38. The van der Waals surface area contributed by atoms with Crippen LogP contribution < -0.4 is 4.74 Å². The second-order valence-electron chi connectivity index (χ2n) is 4.33. The molecule has 0 fully saturated rings. The molecule has 1 unspecified atom stereocenters. The molecule has 98 valence electrons. The lowest BCUT2D eigenvalue weighted by Gasteiger charge is -2.21. The minimum atomic E-state index is 0.0617. The fourth-order valence-electron chi connectivity index (χ4n) is 1.80. The lowest BCUT2D eigenvalue weighted by molar-refractivity contribution is 0.260. The van der Waals surface area contributed by atoms with E-state index >= 15 is 0 Å². The Morgan fingerprint density at radius 1 is 1.50 bits per heavy atom. The summed E-state index contributed by atoms with van der Waals surface area (Å²) in [4.78, 5) is 2.27. The van der Waals surface area contributed by atoms with Crippen molar-refractivity contribution in [1.29, 1.82) is 5.26 Å². The van der Waals surface area contributed by atoms with Crippen LogP contribution in [0.4, 0.5) is 0 Å². The summed E-state index contributed by atoms with van der Waals surface area (Å²) >= 11 is 3.49. The molecule has 0 aliphatic rings. The molecule has 0 amide bonds. The largest absolute Gasteiger partial charge is 0.496 e. The number of rotatable bonds is 6. The van der Waals surface area contributed by atoms with Gasteiger partial charge in [0.15, 0.2) is 0 Å². The number of benzene rings is 1. The van der Waals surface area contributed by atoms with Crippen LogP contribution >= 0.6 is 15.9 Å².